The molecule has 0 heterocycles. The Labute approximate surface area is 112 Å². The van der Waals surface area contributed by atoms with Crippen molar-refractivity contribution < 1.29 is 9.84 Å². The summed E-state index contributed by atoms with van der Waals surface area (Å²) in [7, 11) is 1.74. The lowest BCUT2D eigenvalue weighted by atomic mass is 9.93. The Bertz CT molecular complexity index is 222. The first-order chi connectivity index (χ1) is 8.72. The topological polar surface area (TPSA) is 44.7 Å². The van der Waals surface area contributed by atoms with Gasteiger partial charge in [-0.25, -0.2) is 0 Å². The van der Waals surface area contributed by atoms with Crippen molar-refractivity contribution in [2.24, 2.45) is 5.92 Å². The van der Waals surface area contributed by atoms with E-state index in [0.717, 1.165) is 39.2 Å². The second-order valence-corrected chi connectivity index (χ2v) is 5.38. The van der Waals surface area contributed by atoms with Gasteiger partial charge in [-0.15, -0.1) is 0 Å². The Morgan fingerprint density at radius 1 is 1.39 bits per heavy atom. The molecule has 0 aliphatic heterocycles. The largest absolute Gasteiger partial charge is 0.394 e. The molecular formula is C14H30N2O2. The van der Waals surface area contributed by atoms with Crippen LogP contribution >= 0.6 is 0 Å². The lowest BCUT2D eigenvalue weighted by Gasteiger charge is -2.38. The van der Waals surface area contributed by atoms with Gasteiger partial charge in [0.15, 0.2) is 0 Å². The summed E-state index contributed by atoms with van der Waals surface area (Å²) in [4.78, 5) is 2.38. The minimum absolute atomic E-state index is 0.0975. The van der Waals surface area contributed by atoms with Crippen molar-refractivity contribution in [3.8, 4) is 0 Å². The molecule has 1 fully saturated rings. The molecule has 0 radical (unpaired) electrons. The van der Waals surface area contributed by atoms with Crippen LogP contribution in [0.2, 0.25) is 0 Å². The SMILES string of the molecule is CCCNC(CO)(CN(CC)CCOC)C1CC1. The van der Waals surface area contributed by atoms with Gasteiger partial charge >= 0.3 is 0 Å². The summed E-state index contributed by atoms with van der Waals surface area (Å²) in [5.74, 6) is 0.644. The first-order valence-corrected chi connectivity index (χ1v) is 7.29. The molecule has 1 atom stereocenters. The smallest absolute Gasteiger partial charge is 0.0628 e. The molecule has 0 aromatic heterocycles. The molecule has 1 aliphatic rings. The number of nitrogens with one attached hydrogen (secondary N) is 1. The number of hydrogen-bond donors (Lipinski definition) is 2. The number of ether oxygens (including phenoxy) is 1. The highest BCUT2D eigenvalue weighted by Crippen LogP contribution is 2.40. The quantitative estimate of drug-likeness (QED) is 0.582. The van der Waals surface area contributed by atoms with E-state index in [-0.39, 0.29) is 12.1 Å². The highest BCUT2D eigenvalue weighted by atomic mass is 16.5. The molecule has 0 saturated heterocycles. The first-order valence-electron chi connectivity index (χ1n) is 7.29. The molecule has 0 aromatic rings. The number of aliphatic hydroxyl groups excluding tert-OH is 1. The highest BCUT2D eigenvalue weighted by molar-refractivity contribution is 5.02. The lowest BCUT2D eigenvalue weighted by Crippen LogP contribution is -2.58. The molecule has 108 valence electrons. The van der Waals surface area contributed by atoms with Gasteiger partial charge in [-0.3, -0.25) is 4.90 Å². The fourth-order valence-corrected chi connectivity index (χ4v) is 2.54. The van der Waals surface area contributed by atoms with Gasteiger partial charge in [-0.2, -0.15) is 0 Å². The normalized spacial score (nSPS) is 19.2. The third-order valence-corrected chi connectivity index (χ3v) is 3.93. The average molecular weight is 258 g/mol. The van der Waals surface area contributed by atoms with Crippen LogP contribution in [-0.2, 0) is 4.74 Å². The molecule has 0 spiro atoms. The number of methoxy groups -OCH3 is 1. The average Bonchev–Trinajstić information content (AvgIpc) is 3.23. The summed E-state index contributed by atoms with van der Waals surface area (Å²) in [5.41, 5.74) is -0.0975. The van der Waals surface area contributed by atoms with Crippen molar-refractivity contribution in [2.45, 2.75) is 38.6 Å². The molecule has 1 rings (SSSR count). The minimum Gasteiger partial charge on any atom is -0.394 e. The van der Waals surface area contributed by atoms with Gasteiger partial charge in [0.1, 0.15) is 0 Å². The summed E-state index contributed by atoms with van der Waals surface area (Å²) >= 11 is 0. The number of aliphatic hydroxyl groups is 1. The van der Waals surface area contributed by atoms with Crippen LogP contribution in [0.15, 0.2) is 0 Å². The third kappa shape index (κ3) is 4.50. The predicted octanol–water partition coefficient (Wildman–Crippen LogP) is 1.10. The van der Waals surface area contributed by atoms with E-state index in [4.69, 9.17) is 4.74 Å². The molecule has 4 nitrogen and oxygen atoms in total. The second kappa shape index (κ2) is 8.10. The van der Waals surface area contributed by atoms with Gasteiger partial charge in [-0.1, -0.05) is 13.8 Å². The number of hydrogen-bond acceptors (Lipinski definition) is 4. The van der Waals surface area contributed by atoms with Gasteiger partial charge in [-0.05, 0) is 38.3 Å². The maximum atomic E-state index is 9.86. The van der Waals surface area contributed by atoms with E-state index in [1.54, 1.807) is 7.11 Å². The van der Waals surface area contributed by atoms with Crippen molar-refractivity contribution in [3.63, 3.8) is 0 Å². The molecule has 0 bridgehead atoms. The number of likely N-dealkylation sites (N-methyl/N-ethyl adjacent to an activating group) is 1. The zero-order valence-corrected chi connectivity index (χ0v) is 12.2. The van der Waals surface area contributed by atoms with E-state index in [1.807, 2.05) is 0 Å². The molecule has 1 aliphatic carbocycles. The van der Waals surface area contributed by atoms with Crippen LogP contribution in [0.1, 0.15) is 33.1 Å². The molecular weight excluding hydrogens is 228 g/mol. The Balaban J connectivity index is 2.57. The molecule has 2 N–H and O–H groups in total. The van der Waals surface area contributed by atoms with Crippen molar-refractivity contribution in [2.75, 3.05) is 46.5 Å². The standard InChI is InChI=1S/C14H30N2O2/c1-4-8-15-14(12-17,13-6-7-13)11-16(5-2)9-10-18-3/h13,15,17H,4-12H2,1-3H3. The van der Waals surface area contributed by atoms with E-state index in [9.17, 15) is 5.11 Å². The van der Waals surface area contributed by atoms with E-state index in [2.05, 4.69) is 24.1 Å². The van der Waals surface area contributed by atoms with Crippen molar-refractivity contribution >= 4 is 0 Å². The van der Waals surface area contributed by atoms with E-state index in [0.29, 0.717) is 5.92 Å². The summed E-state index contributed by atoms with van der Waals surface area (Å²) in [6, 6.07) is 0. The monoisotopic (exact) mass is 258 g/mol. The van der Waals surface area contributed by atoms with Gasteiger partial charge in [0.2, 0.25) is 0 Å². The maximum absolute atomic E-state index is 9.86. The van der Waals surface area contributed by atoms with Crippen molar-refractivity contribution in [1.82, 2.24) is 10.2 Å². The Morgan fingerprint density at radius 2 is 2.11 bits per heavy atom. The second-order valence-electron chi connectivity index (χ2n) is 5.38. The van der Waals surface area contributed by atoms with Crippen LogP contribution in [0.4, 0.5) is 0 Å². The maximum Gasteiger partial charge on any atom is 0.0628 e. The van der Waals surface area contributed by atoms with E-state index < -0.39 is 0 Å². The van der Waals surface area contributed by atoms with Gasteiger partial charge in [0.05, 0.1) is 18.8 Å². The fraction of sp³-hybridized carbons (Fsp3) is 1.00. The van der Waals surface area contributed by atoms with Crippen LogP contribution in [0, 0.1) is 5.92 Å². The van der Waals surface area contributed by atoms with E-state index in [1.165, 1.54) is 12.8 Å². The van der Waals surface area contributed by atoms with Crippen LogP contribution in [-0.4, -0.2) is 62.0 Å². The molecule has 1 unspecified atom stereocenters. The minimum atomic E-state index is -0.0975. The fourth-order valence-electron chi connectivity index (χ4n) is 2.54. The van der Waals surface area contributed by atoms with Crippen LogP contribution < -0.4 is 5.32 Å². The summed E-state index contributed by atoms with van der Waals surface area (Å²) in [5, 5.41) is 13.5. The van der Waals surface area contributed by atoms with Gasteiger partial charge in [0, 0.05) is 20.2 Å². The number of nitrogens with zero attached hydrogens (tertiary/aromatic N) is 1. The predicted molar refractivity (Wildman–Crippen MR) is 74.8 cm³/mol. The lowest BCUT2D eigenvalue weighted by molar-refractivity contribution is 0.0765. The third-order valence-electron chi connectivity index (χ3n) is 3.93. The zero-order valence-electron chi connectivity index (χ0n) is 12.2. The number of rotatable bonds is 11. The Kier molecular flexibility index (Phi) is 7.15. The van der Waals surface area contributed by atoms with Crippen LogP contribution in [0.3, 0.4) is 0 Å². The summed E-state index contributed by atoms with van der Waals surface area (Å²) in [6.07, 6.45) is 3.61. The first kappa shape index (κ1) is 15.9. The molecule has 18 heavy (non-hydrogen) atoms. The highest BCUT2D eigenvalue weighted by Gasteiger charge is 2.45. The van der Waals surface area contributed by atoms with Gasteiger partial charge < -0.3 is 15.2 Å². The van der Waals surface area contributed by atoms with Crippen LogP contribution in [0.5, 0.6) is 0 Å². The zero-order chi connectivity index (χ0) is 13.4. The van der Waals surface area contributed by atoms with Crippen molar-refractivity contribution in [1.29, 1.82) is 0 Å². The Hall–Kier alpha value is -0.160. The van der Waals surface area contributed by atoms with Gasteiger partial charge in [0.25, 0.3) is 0 Å². The van der Waals surface area contributed by atoms with Crippen molar-refractivity contribution in [3.05, 3.63) is 0 Å². The molecule has 0 amide bonds. The van der Waals surface area contributed by atoms with E-state index >= 15 is 0 Å². The Morgan fingerprint density at radius 3 is 2.56 bits per heavy atom. The molecule has 1 saturated carbocycles. The molecule has 0 aromatic carbocycles. The summed E-state index contributed by atoms with van der Waals surface area (Å²) < 4.78 is 5.15. The van der Waals surface area contributed by atoms with Crippen LogP contribution in [0.25, 0.3) is 0 Å². The summed E-state index contributed by atoms with van der Waals surface area (Å²) in [6.45, 7) is 9.19. The molecule has 4 heteroatoms.